The molecule has 3 atom stereocenters. The molecule has 3 aliphatic heterocycles. The van der Waals surface area contributed by atoms with E-state index >= 15 is 0 Å². The largest absolute Gasteiger partial charge is 0.337 e. The van der Waals surface area contributed by atoms with Crippen LogP contribution in [0.2, 0.25) is 0 Å². The van der Waals surface area contributed by atoms with E-state index in [4.69, 9.17) is 0 Å². The van der Waals surface area contributed by atoms with Crippen molar-refractivity contribution in [3.63, 3.8) is 0 Å². The van der Waals surface area contributed by atoms with Crippen molar-refractivity contribution in [3.8, 4) is 0 Å². The molecule has 3 fully saturated rings. The zero-order chi connectivity index (χ0) is 12.5. The molecule has 0 aromatic carbocycles. The van der Waals surface area contributed by atoms with Gasteiger partial charge in [-0.05, 0) is 51.7 Å². The number of nitrogens with one attached hydrogen (secondary N) is 1. The second-order valence-corrected chi connectivity index (χ2v) is 6.25. The van der Waals surface area contributed by atoms with Crippen LogP contribution in [0.15, 0.2) is 0 Å². The predicted octanol–water partition coefficient (Wildman–Crippen LogP) is 0.681. The highest BCUT2D eigenvalue weighted by Crippen LogP contribution is 2.26. The number of hydrogen-bond acceptors (Lipinski definition) is 3. The minimum Gasteiger partial charge on any atom is -0.337 e. The molecule has 3 unspecified atom stereocenters. The Morgan fingerprint density at radius 1 is 1.33 bits per heavy atom. The van der Waals surface area contributed by atoms with Gasteiger partial charge in [-0.25, -0.2) is 0 Å². The van der Waals surface area contributed by atoms with Crippen molar-refractivity contribution in [3.05, 3.63) is 0 Å². The van der Waals surface area contributed by atoms with Gasteiger partial charge >= 0.3 is 0 Å². The zero-order valence-corrected chi connectivity index (χ0v) is 11.4. The van der Waals surface area contributed by atoms with Crippen LogP contribution in [-0.2, 0) is 4.79 Å². The van der Waals surface area contributed by atoms with Crippen LogP contribution in [0.5, 0.6) is 0 Å². The fraction of sp³-hybridized carbons (Fsp3) is 0.929. The fourth-order valence-electron chi connectivity index (χ4n) is 3.79. The van der Waals surface area contributed by atoms with Crippen LogP contribution in [0.1, 0.15) is 32.6 Å². The van der Waals surface area contributed by atoms with Gasteiger partial charge in [-0.2, -0.15) is 0 Å². The van der Waals surface area contributed by atoms with Crippen LogP contribution >= 0.6 is 0 Å². The Bertz CT molecular complexity index is 314. The molecule has 18 heavy (non-hydrogen) atoms. The number of nitrogens with zero attached hydrogens (tertiary/aromatic N) is 2. The molecular formula is C14H25N3O. The summed E-state index contributed by atoms with van der Waals surface area (Å²) in [4.78, 5) is 17.2. The second-order valence-electron chi connectivity index (χ2n) is 6.25. The molecule has 0 aliphatic carbocycles. The molecule has 4 nitrogen and oxygen atoms in total. The van der Waals surface area contributed by atoms with Crippen molar-refractivity contribution in [2.75, 3.05) is 32.7 Å². The summed E-state index contributed by atoms with van der Waals surface area (Å²) in [5.41, 5.74) is 0. The maximum Gasteiger partial charge on any atom is 0.223 e. The number of hydrogen-bond donors (Lipinski definition) is 1. The first-order chi connectivity index (χ1) is 8.74. The minimum atomic E-state index is 0.391. The molecule has 102 valence electrons. The summed E-state index contributed by atoms with van der Waals surface area (Å²) in [6.07, 6.45) is 4.51. The Kier molecular flexibility index (Phi) is 3.57. The number of carbonyl (C=O) groups excluding carboxylic acids is 1. The maximum absolute atomic E-state index is 12.4. The SMILES string of the molecule is CC1CN2CCCC2CN1C(=O)CC1CCNC1. The van der Waals surface area contributed by atoms with Gasteiger partial charge in [-0.15, -0.1) is 0 Å². The van der Waals surface area contributed by atoms with Gasteiger partial charge in [-0.3, -0.25) is 9.69 Å². The second kappa shape index (κ2) is 5.17. The van der Waals surface area contributed by atoms with E-state index in [1.807, 2.05) is 0 Å². The zero-order valence-electron chi connectivity index (χ0n) is 11.4. The lowest BCUT2D eigenvalue weighted by atomic mass is 10.0. The minimum absolute atomic E-state index is 0.391. The van der Waals surface area contributed by atoms with Gasteiger partial charge in [0.1, 0.15) is 0 Å². The highest BCUT2D eigenvalue weighted by atomic mass is 16.2. The molecule has 0 saturated carbocycles. The van der Waals surface area contributed by atoms with E-state index < -0.39 is 0 Å². The summed E-state index contributed by atoms with van der Waals surface area (Å²) in [6, 6.07) is 1.05. The Balaban J connectivity index is 1.58. The summed E-state index contributed by atoms with van der Waals surface area (Å²) in [5, 5.41) is 3.35. The van der Waals surface area contributed by atoms with Gasteiger partial charge in [0.25, 0.3) is 0 Å². The first-order valence-corrected chi connectivity index (χ1v) is 7.48. The van der Waals surface area contributed by atoms with Crippen LogP contribution in [0.3, 0.4) is 0 Å². The molecule has 0 aromatic heterocycles. The lowest BCUT2D eigenvalue weighted by Gasteiger charge is -2.42. The quantitative estimate of drug-likeness (QED) is 0.784. The van der Waals surface area contributed by atoms with Gasteiger partial charge in [0, 0.05) is 31.6 Å². The molecule has 3 rings (SSSR count). The van der Waals surface area contributed by atoms with E-state index in [9.17, 15) is 4.79 Å². The molecule has 0 radical (unpaired) electrons. The predicted molar refractivity (Wildman–Crippen MR) is 71.4 cm³/mol. The summed E-state index contributed by atoms with van der Waals surface area (Å²) in [7, 11) is 0. The first-order valence-electron chi connectivity index (χ1n) is 7.48. The van der Waals surface area contributed by atoms with E-state index in [0.717, 1.165) is 32.6 Å². The molecule has 4 heteroatoms. The monoisotopic (exact) mass is 251 g/mol. The summed E-state index contributed by atoms with van der Waals surface area (Å²) in [5.74, 6) is 0.967. The normalized spacial score (nSPS) is 36.9. The van der Waals surface area contributed by atoms with Crippen molar-refractivity contribution in [1.82, 2.24) is 15.1 Å². The van der Waals surface area contributed by atoms with E-state index in [2.05, 4.69) is 22.0 Å². The number of fused-ring (bicyclic) bond motifs is 1. The first kappa shape index (κ1) is 12.4. The van der Waals surface area contributed by atoms with E-state index in [-0.39, 0.29) is 0 Å². The topological polar surface area (TPSA) is 35.6 Å². The molecule has 1 N–H and O–H groups in total. The van der Waals surface area contributed by atoms with Gasteiger partial charge in [0.15, 0.2) is 0 Å². The third kappa shape index (κ3) is 2.41. The Hall–Kier alpha value is -0.610. The fourth-order valence-corrected chi connectivity index (χ4v) is 3.79. The standard InChI is InChI=1S/C14H25N3O/c1-11-9-16-6-2-3-13(16)10-17(11)14(18)7-12-4-5-15-8-12/h11-13,15H,2-10H2,1H3. The molecular weight excluding hydrogens is 226 g/mol. The highest BCUT2D eigenvalue weighted by molar-refractivity contribution is 5.77. The van der Waals surface area contributed by atoms with E-state index in [1.54, 1.807) is 0 Å². The summed E-state index contributed by atoms with van der Waals surface area (Å²) >= 11 is 0. The number of amides is 1. The molecule has 0 aromatic rings. The number of carbonyl (C=O) groups is 1. The summed E-state index contributed by atoms with van der Waals surface area (Å²) < 4.78 is 0. The average Bonchev–Trinajstić information content (AvgIpc) is 2.98. The van der Waals surface area contributed by atoms with Gasteiger partial charge < -0.3 is 10.2 Å². The van der Waals surface area contributed by atoms with Crippen molar-refractivity contribution in [2.24, 2.45) is 5.92 Å². The van der Waals surface area contributed by atoms with Gasteiger partial charge in [0.2, 0.25) is 5.91 Å². The van der Waals surface area contributed by atoms with Crippen LogP contribution in [0.25, 0.3) is 0 Å². The van der Waals surface area contributed by atoms with Crippen molar-refractivity contribution < 1.29 is 4.79 Å². The van der Waals surface area contributed by atoms with Crippen molar-refractivity contribution in [1.29, 1.82) is 0 Å². The van der Waals surface area contributed by atoms with Crippen LogP contribution in [0.4, 0.5) is 0 Å². The average molecular weight is 251 g/mol. The highest BCUT2D eigenvalue weighted by Gasteiger charge is 2.36. The number of piperazine rings is 1. The lowest BCUT2D eigenvalue weighted by Crippen LogP contribution is -2.56. The van der Waals surface area contributed by atoms with E-state index in [1.165, 1.54) is 25.8 Å². The molecule has 3 aliphatic rings. The van der Waals surface area contributed by atoms with Crippen molar-refractivity contribution >= 4 is 5.91 Å². The smallest absolute Gasteiger partial charge is 0.223 e. The van der Waals surface area contributed by atoms with Crippen molar-refractivity contribution in [2.45, 2.75) is 44.7 Å². The molecule has 1 amide bonds. The Morgan fingerprint density at radius 3 is 3.00 bits per heavy atom. The third-order valence-corrected chi connectivity index (χ3v) is 4.88. The van der Waals surface area contributed by atoms with Gasteiger partial charge in [0.05, 0.1) is 0 Å². The molecule has 0 spiro atoms. The lowest BCUT2D eigenvalue weighted by molar-refractivity contribution is -0.137. The summed E-state index contributed by atoms with van der Waals surface area (Å²) in [6.45, 7) is 7.62. The van der Waals surface area contributed by atoms with Crippen LogP contribution < -0.4 is 5.32 Å². The Labute approximate surface area is 110 Å². The number of rotatable bonds is 2. The van der Waals surface area contributed by atoms with E-state index in [0.29, 0.717) is 23.9 Å². The Morgan fingerprint density at radius 2 is 2.22 bits per heavy atom. The third-order valence-electron chi connectivity index (χ3n) is 4.88. The molecule has 3 saturated heterocycles. The molecule has 3 heterocycles. The van der Waals surface area contributed by atoms with Crippen LogP contribution in [0, 0.1) is 5.92 Å². The van der Waals surface area contributed by atoms with Gasteiger partial charge in [-0.1, -0.05) is 0 Å². The maximum atomic E-state index is 12.4. The van der Waals surface area contributed by atoms with Crippen LogP contribution in [-0.4, -0.2) is 60.5 Å². The molecule has 0 bridgehead atoms.